The third kappa shape index (κ3) is 4.65. The van der Waals surface area contributed by atoms with E-state index in [0.29, 0.717) is 16.6 Å². The number of carboxylic acids is 1. The second kappa shape index (κ2) is 8.53. The minimum atomic E-state index is -0.804. The van der Waals surface area contributed by atoms with Gasteiger partial charge in [-0.15, -0.1) is 0 Å². The van der Waals surface area contributed by atoms with Gasteiger partial charge in [0.25, 0.3) is 0 Å². The first kappa shape index (κ1) is 19.4. The molecule has 1 aliphatic heterocycles. The van der Waals surface area contributed by atoms with Crippen LogP contribution in [0.25, 0.3) is 0 Å². The highest BCUT2D eigenvalue weighted by atomic mass is 35.5. The Labute approximate surface area is 167 Å². The van der Waals surface area contributed by atoms with Gasteiger partial charge in [0, 0.05) is 18.0 Å². The number of hydrogen-bond acceptors (Lipinski definition) is 4. The van der Waals surface area contributed by atoms with Crippen LogP contribution < -0.4 is 4.74 Å². The number of benzene rings is 2. The van der Waals surface area contributed by atoms with E-state index in [4.69, 9.17) is 33.0 Å². The second-order valence-electron chi connectivity index (χ2n) is 6.16. The van der Waals surface area contributed by atoms with E-state index in [0.717, 1.165) is 28.5 Å². The third-order valence-corrected chi connectivity index (χ3v) is 6.13. The Morgan fingerprint density at radius 3 is 2.77 bits per heavy atom. The summed E-state index contributed by atoms with van der Waals surface area (Å²) in [4.78, 5) is 15.0. The zero-order chi connectivity index (χ0) is 18.7. The highest BCUT2D eigenvalue weighted by Gasteiger charge is 2.30. The van der Waals surface area contributed by atoms with E-state index in [1.54, 1.807) is 24.8 Å². The molecule has 0 saturated carbocycles. The molecule has 138 valence electrons. The number of nitrogens with zero attached hydrogens (tertiary/aromatic N) is 1. The summed E-state index contributed by atoms with van der Waals surface area (Å²) in [7, 11) is 0. The van der Waals surface area contributed by atoms with Gasteiger partial charge in [-0.25, -0.2) is 0 Å². The molecule has 2 atom stereocenters. The van der Waals surface area contributed by atoms with E-state index in [-0.39, 0.29) is 6.10 Å². The van der Waals surface area contributed by atoms with Crippen LogP contribution >= 0.6 is 35.0 Å². The van der Waals surface area contributed by atoms with E-state index < -0.39 is 12.0 Å². The number of ether oxygens (including phenoxy) is 1. The van der Waals surface area contributed by atoms with Crippen molar-refractivity contribution in [3.8, 4) is 5.75 Å². The average molecular weight is 412 g/mol. The van der Waals surface area contributed by atoms with E-state index in [1.165, 1.54) is 0 Å². The highest BCUT2D eigenvalue weighted by molar-refractivity contribution is 7.99. The number of hydrogen-bond donors (Lipinski definition) is 1. The largest absolute Gasteiger partial charge is 0.488 e. The second-order valence-corrected chi connectivity index (χ2v) is 8.09. The Balaban J connectivity index is 1.70. The molecule has 2 aromatic carbocycles. The first-order valence-electron chi connectivity index (χ1n) is 8.29. The molecule has 4 nitrogen and oxygen atoms in total. The molecule has 0 radical (unpaired) electrons. The van der Waals surface area contributed by atoms with Gasteiger partial charge in [0.15, 0.2) is 0 Å². The van der Waals surface area contributed by atoms with Gasteiger partial charge in [0.1, 0.15) is 17.9 Å². The van der Waals surface area contributed by atoms with Gasteiger partial charge in [-0.05, 0) is 43.7 Å². The zero-order valence-corrected chi connectivity index (χ0v) is 16.5. The van der Waals surface area contributed by atoms with Crippen molar-refractivity contribution in [3.63, 3.8) is 0 Å². The van der Waals surface area contributed by atoms with Crippen molar-refractivity contribution in [2.75, 3.05) is 13.1 Å². The minimum absolute atomic E-state index is 0.0210. The summed E-state index contributed by atoms with van der Waals surface area (Å²) in [5, 5.41) is 10.2. The molecular formula is C19H19Cl2NO3S. The Morgan fingerprint density at radius 2 is 2.04 bits per heavy atom. The maximum absolute atomic E-state index is 11.2. The lowest BCUT2D eigenvalue weighted by Gasteiger charge is -2.21. The van der Waals surface area contributed by atoms with Crippen molar-refractivity contribution in [3.05, 3.63) is 52.5 Å². The summed E-state index contributed by atoms with van der Waals surface area (Å²) in [6.45, 7) is 3.04. The van der Waals surface area contributed by atoms with Crippen LogP contribution in [0.2, 0.25) is 10.0 Å². The van der Waals surface area contributed by atoms with Crippen molar-refractivity contribution < 1.29 is 14.6 Å². The lowest BCUT2D eigenvalue weighted by Crippen LogP contribution is -2.38. The number of rotatable bonds is 6. The molecule has 0 aromatic heterocycles. The normalized spacial score (nSPS) is 18.7. The monoisotopic (exact) mass is 411 g/mol. The fourth-order valence-corrected chi connectivity index (χ4v) is 4.13. The van der Waals surface area contributed by atoms with E-state index >= 15 is 0 Å². The highest BCUT2D eigenvalue weighted by Crippen LogP contribution is 2.38. The Kier molecular flexibility index (Phi) is 6.35. The predicted octanol–water partition coefficient (Wildman–Crippen LogP) is 5.07. The Morgan fingerprint density at radius 1 is 1.27 bits per heavy atom. The first-order chi connectivity index (χ1) is 12.4. The number of carboxylic acid groups (broad SMARTS) is 1. The first-order valence-corrected chi connectivity index (χ1v) is 9.86. The van der Waals surface area contributed by atoms with Gasteiger partial charge in [0.2, 0.25) is 0 Å². The molecule has 1 aliphatic rings. The van der Waals surface area contributed by atoms with Gasteiger partial charge < -0.3 is 9.84 Å². The maximum Gasteiger partial charge on any atom is 0.320 e. The number of likely N-dealkylation sites (tertiary alicyclic amines) is 1. The van der Waals surface area contributed by atoms with Crippen molar-refractivity contribution in [1.29, 1.82) is 0 Å². The molecule has 0 aliphatic carbocycles. The van der Waals surface area contributed by atoms with Crippen molar-refractivity contribution in [1.82, 2.24) is 4.90 Å². The lowest BCUT2D eigenvalue weighted by atomic mass is 10.3. The van der Waals surface area contributed by atoms with Crippen molar-refractivity contribution in [2.24, 2.45) is 0 Å². The van der Waals surface area contributed by atoms with E-state index in [1.807, 2.05) is 41.3 Å². The molecule has 26 heavy (non-hydrogen) atoms. The molecule has 1 N–H and O–H groups in total. The molecule has 1 fully saturated rings. The quantitative estimate of drug-likeness (QED) is 0.718. The van der Waals surface area contributed by atoms with Crippen LogP contribution in [0, 0.1) is 0 Å². The third-order valence-electron chi connectivity index (χ3n) is 4.34. The molecule has 2 unspecified atom stereocenters. The SMILES string of the molecule is CC(C(=O)O)N1CCC(Oc2ccccc2Sc2ccc(Cl)c(Cl)c2)C1. The van der Waals surface area contributed by atoms with Crippen LogP contribution in [-0.4, -0.2) is 41.2 Å². The summed E-state index contributed by atoms with van der Waals surface area (Å²) in [6.07, 6.45) is 0.788. The van der Waals surface area contributed by atoms with Crippen LogP contribution in [0.1, 0.15) is 13.3 Å². The standard InChI is InChI=1S/C19H19Cl2NO3S/c1-12(19(23)24)22-9-8-13(11-22)25-17-4-2-3-5-18(17)26-14-6-7-15(20)16(21)10-14/h2-7,10,12-13H,8-9,11H2,1H3,(H,23,24). The minimum Gasteiger partial charge on any atom is -0.488 e. The summed E-state index contributed by atoms with van der Waals surface area (Å²) < 4.78 is 6.18. The van der Waals surface area contributed by atoms with Crippen LogP contribution in [0.4, 0.5) is 0 Å². The fourth-order valence-electron chi connectivity index (χ4n) is 2.84. The summed E-state index contributed by atoms with van der Waals surface area (Å²) in [5.74, 6) is -0.0142. The fraction of sp³-hybridized carbons (Fsp3) is 0.316. The number of carbonyl (C=O) groups is 1. The van der Waals surface area contributed by atoms with Gasteiger partial charge >= 0.3 is 5.97 Å². The molecule has 1 heterocycles. The predicted molar refractivity (Wildman–Crippen MR) is 105 cm³/mol. The Hall–Kier alpha value is -1.40. The van der Waals surface area contributed by atoms with Gasteiger partial charge in [0.05, 0.1) is 14.9 Å². The van der Waals surface area contributed by atoms with Crippen LogP contribution in [-0.2, 0) is 4.79 Å². The van der Waals surface area contributed by atoms with E-state index in [9.17, 15) is 4.79 Å². The molecule has 0 amide bonds. The van der Waals surface area contributed by atoms with Crippen molar-refractivity contribution in [2.45, 2.75) is 35.3 Å². The molecule has 1 saturated heterocycles. The molecule has 0 bridgehead atoms. The molecule has 7 heteroatoms. The number of halogens is 2. The van der Waals surface area contributed by atoms with Gasteiger partial charge in [-0.1, -0.05) is 47.1 Å². The summed E-state index contributed by atoms with van der Waals surface area (Å²) >= 11 is 13.6. The smallest absolute Gasteiger partial charge is 0.320 e. The maximum atomic E-state index is 11.2. The molecular weight excluding hydrogens is 393 g/mol. The number of para-hydroxylation sites is 1. The summed E-state index contributed by atoms with van der Waals surface area (Å²) in [6, 6.07) is 12.8. The van der Waals surface area contributed by atoms with Crippen LogP contribution in [0.5, 0.6) is 5.75 Å². The number of aliphatic carboxylic acids is 1. The molecule has 2 aromatic rings. The van der Waals surface area contributed by atoms with Crippen LogP contribution in [0.3, 0.4) is 0 Å². The molecule has 0 spiro atoms. The van der Waals surface area contributed by atoms with Gasteiger partial charge in [-0.3, -0.25) is 9.69 Å². The summed E-state index contributed by atoms with van der Waals surface area (Å²) in [5.41, 5.74) is 0. The van der Waals surface area contributed by atoms with Crippen molar-refractivity contribution >= 4 is 40.9 Å². The van der Waals surface area contributed by atoms with Gasteiger partial charge in [-0.2, -0.15) is 0 Å². The lowest BCUT2D eigenvalue weighted by molar-refractivity contribution is -0.142. The van der Waals surface area contributed by atoms with E-state index in [2.05, 4.69) is 0 Å². The molecule has 3 rings (SSSR count). The topological polar surface area (TPSA) is 49.8 Å². The average Bonchev–Trinajstić information content (AvgIpc) is 3.07. The zero-order valence-electron chi connectivity index (χ0n) is 14.2. The van der Waals surface area contributed by atoms with Crippen LogP contribution in [0.15, 0.2) is 52.3 Å². The Bertz CT molecular complexity index is 802.